The van der Waals surface area contributed by atoms with E-state index in [1.165, 1.54) is 0 Å². The summed E-state index contributed by atoms with van der Waals surface area (Å²) in [5, 5.41) is 18.0. The van der Waals surface area contributed by atoms with Gasteiger partial charge in [0.05, 0.1) is 11.2 Å². The van der Waals surface area contributed by atoms with Crippen LogP contribution in [0.5, 0.6) is 0 Å². The molecule has 3 aromatic heterocycles. The van der Waals surface area contributed by atoms with Crippen molar-refractivity contribution in [3.8, 4) is 0 Å². The summed E-state index contributed by atoms with van der Waals surface area (Å²) in [4.78, 5) is 16.1. The van der Waals surface area contributed by atoms with Gasteiger partial charge in [0.25, 0.3) is 0 Å². The summed E-state index contributed by atoms with van der Waals surface area (Å²) in [6.07, 6.45) is 7.06. The summed E-state index contributed by atoms with van der Waals surface area (Å²) in [6, 6.07) is 2.02. The van der Waals surface area contributed by atoms with Crippen molar-refractivity contribution in [2.45, 2.75) is 51.2 Å². The van der Waals surface area contributed by atoms with Crippen LogP contribution in [0.3, 0.4) is 0 Å². The molecule has 148 valence electrons. The van der Waals surface area contributed by atoms with Crippen LogP contribution in [-0.4, -0.2) is 43.0 Å². The first-order valence-corrected chi connectivity index (χ1v) is 9.64. The lowest BCUT2D eigenvalue weighted by Gasteiger charge is -2.14. The Morgan fingerprint density at radius 2 is 2.29 bits per heavy atom. The predicted octanol–water partition coefficient (Wildman–Crippen LogP) is 3.62. The average molecular weight is 404 g/mol. The fourth-order valence-corrected chi connectivity index (χ4v) is 3.70. The van der Waals surface area contributed by atoms with Crippen LogP contribution in [0.15, 0.2) is 24.7 Å². The number of halogens is 1. The van der Waals surface area contributed by atoms with Gasteiger partial charge in [0.15, 0.2) is 11.6 Å². The number of hydrogen-bond donors (Lipinski definition) is 3. The molecule has 0 bridgehead atoms. The highest BCUT2D eigenvalue weighted by molar-refractivity contribution is 6.34. The molecule has 28 heavy (non-hydrogen) atoms. The molecule has 0 saturated heterocycles. The first-order chi connectivity index (χ1) is 13.5. The molecule has 4 rings (SSSR count). The zero-order valence-electron chi connectivity index (χ0n) is 15.6. The van der Waals surface area contributed by atoms with Gasteiger partial charge in [0, 0.05) is 36.1 Å². The minimum absolute atomic E-state index is 0.0632. The van der Waals surface area contributed by atoms with Crippen LogP contribution >= 0.6 is 11.6 Å². The van der Waals surface area contributed by atoms with Crippen molar-refractivity contribution in [3.63, 3.8) is 0 Å². The van der Waals surface area contributed by atoms with Crippen LogP contribution in [0.1, 0.15) is 44.7 Å². The third-order valence-corrected chi connectivity index (χ3v) is 5.01. The van der Waals surface area contributed by atoms with E-state index >= 15 is 0 Å². The van der Waals surface area contributed by atoms with Crippen molar-refractivity contribution in [2.75, 3.05) is 5.32 Å². The number of alkyl carbamates (subject to hydrolysis) is 1. The minimum atomic E-state index is -0.357. The van der Waals surface area contributed by atoms with Gasteiger partial charge < -0.3 is 15.4 Å². The second kappa shape index (κ2) is 7.67. The van der Waals surface area contributed by atoms with Crippen molar-refractivity contribution in [1.82, 2.24) is 30.1 Å². The largest absolute Gasteiger partial charge is 0.446 e. The number of carbonyl (C=O) groups is 1. The topological polar surface area (TPSA) is 109 Å². The van der Waals surface area contributed by atoms with E-state index < -0.39 is 0 Å². The summed E-state index contributed by atoms with van der Waals surface area (Å²) in [6.45, 7) is 3.81. The molecule has 1 saturated carbocycles. The van der Waals surface area contributed by atoms with Crippen LogP contribution in [0, 0.1) is 0 Å². The highest BCUT2D eigenvalue weighted by Gasteiger charge is 2.30. The molecule has 2 unspecified atom stereocenters. The van der Waals surface area contributed by atoms with Crippen molar-refractivity contribution in [2.24, 2.45) is 0 Å². The van der Waals surface area contributed by atoms with Crippen LogP contribution in [0.4, 0.5) is 16.4 Å². The molecule has 3 aromatic rings. The van der Waals surface area contributed by atoms with Gasteiger partial charge in [-0.2, -0.15) is 10.2 Å². The normalized spacial score (nSPS) is 19.3. The summed E-state index contributed by atoms with van der Waals surface area (Å²) < 4.78 is 7.15. The van der Waals surface area contributed by atoms with E-state index in [-0.39, 0.29) is 24.2 Å². The molecular formula is C18H22ClN7O2. The number of amides is 1. The number of H-pyrrole nitrogens is 1. The van der Waals surface area contributed by atoms with Crippen molar-refractivity contribution < 1.29 is 9.53 Å². The molecule has 0 spiro atoms. The van der Waals surface area contributed by atoms with Gasteiger partial charge in [-0.25, -0.2) is 14.3 Å². The van der Waals surface area contributed by atoms with E-state index in [1.54, 1.807) is 23.1 Å². The summed E-state index contributed by atoms with van der Waals surface area (Å²) in [5.41, 5.74) is 1.70. The highest BCUT2D eigenvalue weighted by Crippen LogP contribution is 2.36. The van der Waals surface area contributed by atoms with Crippen molar-refractivity contribution >= 4 is 34.8 Å². The van der Waals surface area contributed by atoms with E-state index in [0.29, 0.717) is 22.2 Å². The van der Waals surface area contributed by atoms with Gasteiger partial charge in [-0.3, -0.25) is 5.10 Å². The number of carbonyl (C=O) groups excluding carboxylic acids is 1. The van der Waals surface area contributed by atoms with Gasteiger partial charge in [-0.1, -0.05) is 11.6 Å². The molecule has 1 fully saturated rings. The standard InChI is InChI=1S/C18H22ClN7O2/c1-10(2)22-18(27)28-12-4-3-11(7-12)14-8-15(25-24-14)23-17-16-13(19)9-21-26(16)6-5-20-17/h5-6,8-12H,3-4,7H2,1-2H3,(H,22,27)(H2,20,23,24,25). The third-order valence-electron chi connectivity index (χ3n) is 4.74. The zero-order valence-corrected chi connectivity index (χ0v) is 16.4. The van der Waals surface area contributed by atoms with E-state index in [2.05, 4.69) is 30.9 Å². The monoisotopic (exact) mass is 403 g/mol. The Kier molecular flexibility index (Phi) is 5.08. The Labute approximate surface area is 166 Å². The van der Waals surface area contributed by atoms with E-state index in [4.69, 9.17) is 16.3 Å². The number of hydrogen-bond acceptors (Lipinski definition) is 6. The maximum atomic E-state index is 11.8. The van der Waals surface area contributed by atoms with Gasteiger partial charge in [-0.05, 0) is 33.1 Å². The number of anilines is 2. The van der Waals surface area contributed by atoms with E-state index in [0.717, 1.165) is 25.0 Å². The highest BCUT2D eigenvalue weighted by atomic mass is 35.5. The molecule has 0 aromatic carbocycles. The molecule has 1 aliphatic rings. The summed E-state index contributed by atoms with van der Waals surface area (Å²) in [7, 11) is 0. The fourth-order valence-electron chi connectivity index (χ4n) is 3.48. The number of aromatic nitrogens is 5. The lowest BCUT2D eigenvalue weighted by molar-refractivity contribution is 0.0981. The minimum Gasteiger partial charge on any atom is -0.446 e. The predicted molar refractivity (Wildman–Crippen MR) is 105 cm³/mol. The van der Waals surface area contributed by atoms with Gasteiger partial charge in [0.2, 0.25) is 0 Å². The van der Waals surface area contributed by atoms with Crippen LogP contribution < -0.4 is 10.6 Å². The SMILES string of the molecule is CC(C)NC(=O)OC1CCC(c2cc(Nc3nccn4ncc(Cl)c34)n[nH]2)C1. The van der Waals surface area contributed by atoms with E-state index in [1.807, 2.05) is 19.9 Å². The Balaban J connectivity index is 1.41. The number of aromatic amines is 1. The number of ether oxygens (including phenoxy) is 1. The summed E-state index contributed by atoms with van der Waals surface area (Å²) >= 11 is 6.20. The molecule has 3 heterocycles. The fraction of sp³-hybridized carbons (Fsp3) is 0.444. The smallest absolute Gasteiger partial charge is 0.407 e. The van der Waals surface area contributed by atoms with Crippen molar-refractivity contribution in [3.05, 3.63) is 35.4 Å². The lowest BCUT2D eigenvalue weighted by atomic mass is 10.0. The number of fused-ring (bicyclic) bond motifs is 1. The molecular weight excluding hydrogens is 382 g/mol. The average Bonchev–Trinajstić information content (AvgIpc) is 3.35. The number of nitrogens with zero attached hydrogens (tertiary/aromatic N) is 4. The number of nitrogens with one attached hydrogen (secondary N) is 3. The van der Waals surface area contributed by atoms with Crippen LogP contribution in [0.2, 0.25) is 5.02 Å². The summed E-state index contributed by atoms with van der Waals surface area (Å²) in [5.74, 6) is 1.50. The van der Waals surface area contributed by atoms with E-state index in [9.17, 15) is 4.79 Å². The molecule has 2 atom stereocenters. The molecule has 1 amide bonds. The number of rotatable bonds is 5. The van der Waals surface area contributed by atoms with Crippen molar-refractivity contribution in [1.29, 1.82) is 0 Å². The second-order valence-electron chi connectivity index (χ2n) is 7.23. The Morgan fingerprint density at radius 3 is 3.11 bits per heavy atom. The quantitative estimate of drug-likeness (QED) is 0.600. The third kappa shape index (κ3) is 3.89. The van der Waals surface area contributed by atoms with Gasteiger partial charge in [0.1, 0.15) is 11.6 Å². The Morgan fingerprint density at radius 1 is 1.43 bits per heavy atom. The molecule has 9 nitrogen and oxygen atoms in total. The van der Waals surface area contributed by atoms with Gasteiger partial charge in [-0.15, -0.1) is 0 Å². The van der Waals surface area contributed by atoms with Crippen LogP contribution in [0.25, 0.3) is 5.52 Å². The Bertz CT molecular complexity index is 983. The Hall–Kier alpha value is -2.81. The first kappa shape index (κ1) is 18.5. The second-order valence-corrected chi connectivity index (χ2v) is 7.64. The first-order valence-electron chi connectivity index (χ1n) is 9.27. The molecule has 3 N–H and O–H groups in total. The lowest BCUT2D eigenvalue weighted by Crippen LogP contribution is -2.33. The van der Waals surface area contributed by atoms with Gasteiger partial charge >= 0.3 is 6.09 Å². The van der Waals surface area contributed by atoms with Crippen LogP contribution in [-0.2, 0) is 4.74 Å². The maximum Gasteiger partial charge on any atom is 0.407 e. The molecule has 0 radical (unpaired) electrons. The molecule has 0 aliphatic heterocycles. The molecule has 1 aliphatic carbocycles. The maximum absolute atomic E-state index is 11.8. The molecule has 10 heteroatoms. The zero-order chi connectivity index (χ0) is 19.7.